The molecule has 116 valence electrons. The lowest BCUT2D eigenvalue weighted by molar-refractivity contribution is -0.141. The van der Waals surface area contributed by atoms with Gasteiger partial charge in [0.1, 0.15) is 11.5 Å². The van der Waals surface area contributed by atoms with Crippen molar-refractivity contribution in [2.45, 2.75) is 19.1 Å². The molecular formula is C13H16BrNO6. The van der Waals surface area contributed by atoms with E-state index in [2.05, 4.69) is 21.2 Å². The minimum atomic E-state index is -1.42. The first-order valence-corrected chi connectivity index (χ1v) is 6.74. The number of carboxylic acid groups (broad SMARTS) is 1. The molecule has 7 nitrogen and oxygen atoms in total. The zero-order valence-corrected chi connectivity index (χ0v) is 13.3. The number of methoxy groups -OCH3 is 2. The van der Waals surface area contributed by atoms with Gasteiger partial charge in [-0.2, -0.15) is 0 Å². The number of nitrogens with one attached hydrogen (secondary N) is 1. The van der Waals surface area contributed by atoms with Gasteiger partial charge >= 0.3 is 5.97 Å². The Hall–Kier alpha value is -1.80. The molecule has 0 spiro atoms. The maximum absolute atomic E-state index is 12.2. The van der Waals surface area contributed by atoms with Crippen LogP contribution in [0.5, 0.6) is 11.5 Å². The number of aliphatic hydroxyl groups excluding tert-OH is 1. The topological polar surface area (TPSA) is 105 Å². The van der Waals surface area contributed by atoms with Gasteiger partial charge in [0.25, 0.3) is 5.91 Å². The summed E-state index contributed by atoms with van der Waals surface area (Å²) in [4.78, 5) is 23.2. The van der Waals surface area contributed by atoms with Crippen molar-refractivity contribution in [2.75, 3.05) is 14.2 Å². The number of ether oxygens (including phenoxy) is 2. The average molecular weight is 362 g/mol. The second-order valence-corrected chi connectivity index (χ2v) is 5.07. The van der Waals surface area contributed by atoms with Crippen LogP contribution in [0.1, 0.15) is 17.3 Å². The smallest absolute Gasteiger partial charge is 0.328 e. The quantitative estimate of drug-likeness (QED) is 0.698. The number of hydrogen-bond acceptors (Lipinski definition) is 5. The van der Waals surface area contributed by atoms with E-state index in [0.29, 0.717) is 10.2 Å². The van der Waals surface area contributed by atoms with E-state index >= 15 is 0 Å². The van der Waals surface area contributed by atoms with E-state index < -0.39 is 24.0 Å². The van der Waals surface area contributed by atoms with Gasteiger partial charge in [0.2, 0.25) is 0 Å². The Kier molecular flexibility index (Phi) is 5.98. The molecule has 1 aromatic rings. The highest BCUT2D eigenvalue weighted by atomic mass is 79.9. The van der Waals surface area contributed by atoms with Gasteiger partial charge in [-0.05, 0) is 35.0 Å². The molecule has 0 radical (unpaired) electrons. The summed E-state index contributed by atoms with van der Waals surface area (Å²) in [5.74, 6) is -1.39. The summed E-state index contributed by atoms with van der Waals surface area (Å²) in [6, 6.07) is 1.60. The number of halogens is 1. The normalized spacial score (nSPS) is 13.2. The highest BCUT2D eigenvalue weighted by molar-refractivity contribution is 9.10. The Balaban J connectivity index is 3.17. The molecule has 21 heavy (non-hydrogen) atoms. The largest absolute Gasteiger partial charge is 0.497 e. The fourth-order valence-electron chi connectivity index (χ4n) is 1.67. The minimum Gasteiger partial charge on any atom is -0.497 e. The van der Waals surface area contributed by atoms with Crippen LogP contribution in [0.4, 0.5) is 0 Å². The summed E-state index contributed by atoms with van der Waals surface area (Å²) in [6.45, 7) is 1.28. The minimum absolute atomic E-state index is 0.0932. The molecule has 3 N–H and O–H groups in total. The molecule has 2 unspecified atom stereocenters. The first kappa shape index (κ1) is 17.3. The molecule has 0 saturated carbocycles. The third-order valence-electron chi connectivity index (χ3n) is 2.74. The van der Waals surface area contributed by atoms with Crippen molar-refractivity contribution in [3.05, 3.63) is 22.2 Å². The molecule has 0 aliphatic heterocycles. The lowest BCUT2D eigenvalue weighted by Gasteiger charge is -2.18. The van der Waals surface area contributed by atoms with Gasteiger partial charge in [-0.15, -0.1) is 0 Å². The Labute approximate surface area is 130 Å². The third kappa shape index (κ3) is 4.08. The van der Waals surface area contributed by atoms with Crippen molar-refractivity contribution in [3.8, 4) is 11.5 Å². The van der Waals surface area contributed by atoms with Crippen molar-refractivity contribution in [3.63, 3.8) is 0 Å². The Morgan fingerprint density at radius 3 is 2.33 bits per heavy atom. The standard InChI is InChI=1S/C13H16BrNO6/c1-6(16)10(13(18)19)15-12(17)8-4-7(20-2)5-9(14)11(8)21-3/h4-6,10,16H,1-3H3,(H,15,17)(H,18,19). The van der Waals surface area contributed by atoms with Gasteiger partial charge in [0.15, 0.2) is 6.04 Å². The molecule has 0 bridgehead atoms. The van der Waals surface area contributed by atoms with E-state index in [0.717, 1.165) is 0 Å². The molecule has 1 amide bonds. The zero-order chi connectivity index (χ0) is 16.2. The predicted octanol–water partition coefficient (Wildman–Crippen LogP) is 1.03. The molecule has 0 heterocycles. The van der Waals surface area contributed by atoms with Gasteiger partial charge < -0.3 is 25.0 Å². The Morgan fingerprint density at radius 2 is 1.90 bits per heavy atom. The van der Waals surface area contributed by atoms with Crippen molar-refractivity contribution in [1.82, 2.24) is 5.32 Å². The van der Waals surface area contributed by atoms with Crippen molar-refractivity contribution < 1.29 is 29.3 Å². The SMILES string of the molecule is COc1cc(Br)c(OC)c(C(=O)NC(C(=O)O)C(C)O)c1. The first-order chi connectivity index (χ1) is 9.81. The first-order valence-electron chi connectivity index (χ1n) is 5.95. The van der Waals surface area contributed by atoms with Gasteiger partial charge in [0, 0.05) is 0 Å². The van der Waals surface area contributed by atoms with Crippen LogP contribution < -0.4 is 14.8 Å². The summed E-state index contributed by atoms with van der Waals surface area (Å²) in [7, 11) is 2.82. The number of carbonyl (C=O) groups is 2. The lowest BCUT2D eigenvalue weighted by Crippen LogP contribution is -2.47. The highest BCUT2D eigenvalue weighted by Crippen LogP contribution is 2.33. The van der Waals surface area contributed by atoms with E-state index in [-0.39, 0.29) is 11.3 Å². The Morgan fingerprint density at radius 1 is 1.29 bits per heavy atom. The van der Waals surface area contributed by atoms with Crippen LogP contribution in [0.15, 0.2) is 16.6 Å². The number of rotatable bonds is 6. The predicted molar refractivity (Wildman–Crippen MR) is 77.8 cm³/mol. The maximum atomic E-state index is 12.2. The molecule has 1 rings (SSSR count). The van der Waals surface area contributed by atoms with Gasteiger partial charge in [-0.3, -0.25) is 4.79 Å². The summed E-state index contributed by atoms with van der Waals surface area (Å²) < 4.78 is 10.7. The molecule has 0 aromatic heterocycles. The number of aliphatic carboxylic acids is 1. The fraction of sp³-hybridized carbons (Fsp3) is 0.385. The summed E-state index contributed by atoms with van der Waals surface area (Å²) in [6.07, 6.45) is -1.24. The van der Waals surface area contributed by atoms with Crippen molar-refractivity contribution >= 4 is 27.8 Å². The average Bonchev–Trinajstić information content (AvgIpc) is 2.42. The van der Waals surface area contributed by atoms with Gasteiger partial charge in [-0.1, -0.05) is 0 Å². The third-order valence-corrected chi connectivity index (χ3v) is 3.33. The lowest BCUT2D eigenvalue weighted by atomic mass is 10.1. The van der Waals surface area contributed by atoms with E-state index in [4.69, 9.17) is 14.6 Å². The molecule has 0 fully saturated rings. The molecule has 8 heteroatoms. The van der Waals surface area contributed by atoms with E-state index in [1.54, 1.807) is 6.07 Å². The molecular weight excluding hydrogens is 346 g/mol. The number of carbonyl (C=O) groups excluding carboxylic acids is 1. The second-order valence-electron chi connectivity index (χ2n) is 4.22. The van der Waals surface area contributed by atoms with Crippen LogP contribution in [0, 0.1) is 0 Å². The second kappa shape index (κ2) is 7.28. The summed E-state index contributed by atoms with van der Waals surface area (Å²) in [5.41, 5.74) is 0.0932. The van der Waals surface area contributed by atoms with Crippen LogP contribution in [-0.2, 0) is 4.79 Å². The zero-order valence-electron chi connectivity index (χ0n) is 11.7. The number of aliphatic hydroxyl groups is 1. The highest BCUT2D eigenvalue weighted by Gasteiger charge is 2.27. The van der Waals surface area contributed by atoms with Crippen LogP contribution in [0.3, 0.4) is 0 Å². The monoisotopic (exact) mass is 361 g/mol. The molecule has 2 atom stereocenters. The molecule has 0 aliphatic rings. The van der Waals surface area contributed by atoms with Gasteiger partial charge in [0.05, 0.1) is 30.4 Å². The number of carboxylic acids is 1. The van der Waals surface area contributed by atoms with E-state index in [1.807, 2.05) is 0 Å². The molecule has 0 saturated heterocycles. The Bertz CT molecular complexity index is 546. The summed E-state index contributed by atoms with van der Waals surface area (Å²) in [5, 5.41) is 20.6. The molecule has 0 aliphatic carbocycles. The number of benzene rings is 1. The van der Waals surface area contributed by atoms with Crippen molar-refractivity contribution in [2.24, 2.45) is 0 Å². The van der Waals surface area contributed by atoms with Crippen LogP contribution in [-0.4, -0.2) is 48.5 Å². The fourth-order valence-corrected chi connectivity index (χ4v) is 2.27. The van der Waals surface area contributed by atoms with Crippen molar-refractivity contribution in [1.29, 1.82) is 0 Å². The van der Waals surface area contributed by atoms with Crippen LogP contribution in [0.25, 0.3) is 0 Å². The number of amides is 1. The maximum Gasteiger partial charge on any atom is 0.328 e. The summed E-state index contributed by atoms with van der Waals surface area (Å²) >= 11 is 3.24. The van der Waals surface area contributed by atoms with E-state index in [9.17, 15) is 14.7 Å². The van der Waals surface area contributed by atoms with Crippen LogP contribution >= 0.6 is 15.9 Å². The van der Waals surface area contributed by atoms with Gasteiger partial charge in [-0.25, -0.2) is 4.79 Å². The van der Waals surface area contributed by atoms with Crippen LogP contribution in [0.2, 0.25) is 0 Å². The number of hydrogen-bond donors (Lipinski definition) is 3. The molecule has 1 aromatic carbocycles. The van der Waals surface area contributed by atoms with E-state index in [1.165, 1.54) is 27.2 Å².